The molecular formula is C16H23N3O6S. The quantitative estimate of drug-likeness (QED) is 0.776. The monoisotopic (exact) mass is 385 g/mol. The number of nitrogens with zero attached hydrogens (tertiary/aromatic N) is 2. The summed E-state index contributed by atoms with van der Waals surface area (Å²) < 4.78 is 36.2. The lowest BCUT2D eigenvalue weighted by Gasteiger charge is -2.36. The van der Waals surface area contributed by atoms with Gasteiger partial charge in [0, 0.05) is 26.2 Å². The molecule has 0 aromatic heterocycles. The van der Waals surface area contributed by atoms with Gasteiger partial charge in [0.25, 0.3) is 0 Å². The number of hydrogen-bond acceptors (Lipinski definition) is 7. The first-order valence-corrected chi connectivity index (χ1v) is 9.50. The number of benzene rings is 1. The lowest BCUT2D eigenvalue weighted by Crippen LogP contribution is -2.55. The predicted octanol–water partition coefficient (Wildman–Crippen LogP) is 0.273. The van der Waals surface area contributed by atoms with Crippen LogP contribution in [0.3, 0.4) is 0 Å². The summed E-state index contributed by atoms with van der Waals surface area (Å²) in [5, 5.41) is 2.12. The van der Waals surface area contributed by atoms with E-state index in [0.717, 1.165) is 0 Å². The molecule has 1 aromatic rings. The fourth-order valence-electron chi connectivity index (χ4n) is 2.65. The van der Waals surface area contributed by atoms with Crippen LogP contribution in [-0.2, 0) is 19.6 Å². The maximum Gasteiger partial charge on any atom is 0.413 e. The highest BCUT2D eigenvalue weighted by Crippen LogP contribution is 2.21. The molecule has 10 heteroatoms. The van der Waals surface area contributed by atoms with Crippen molar-refractivity contribution < 1.29 is 27.5 Å². The summed E-state index contributed by atoms with van der Waals surface area (Å²) in [6, 6.07) is 5.64. The zero-order chi connectivity index (χ0) is 19.3. The average molecular weight is 385 g/mol. The van der Waals surface area contributed by atoms with Crippen molar-refractivity contribution >= 4 is 22.0 Å². The van der Waals surface area contributed by atoms with E-state index in [0.29, 0.717) is 18.8 Å². The Bertz CT molecular complexity index is 742. The van der Waals surface area contributed by atoms with Gasteiger partial charge >= 0.3 is 6.09 Å². The number of imide groups is 1. The molecule has 1 aliphatic rings. The molecular weight excluding hydrogens is 362 g/mol. The van der Waals surface area contributed by atoms with Gasteiger partial charge in [-0.25, -0.2) is 13.2 Å². The van der Waals surface area contributed by atoms with E-state index in [1.807, 2.05) is 4.90 Å². The zero-order valence-corrected chi connectivity index (χ0v) is 15.8. The number of sulfonamides is 1. The molecule has 1 heterocycles. The van der Waals surface area contributed by atoms with Crippen molar-refractivity contribution in [2.75, 3.05) is 40.4 Å². The Morgan fingerprint density at radius 3 is 2.15 bits per heavy atom. The summed E-state index contributed by atoms with van der Waals surface area (Å²) in [7, 11) is -0.912. The molecule has 0 bridgehead atoms. The van der Waals surface area contributed by atoms with E-state index in [9.17, 15) is 18.0 Å². The van der Waals surface area contributed by atoms with Gasteiger partial charge in [-0.3, -0.25) is 15.0 Å². The summed E-state index contributed by atoms with van der Waals surface area (Å²) in [5.41, 5.74) is 0. The molecule has 1 atom stereocenters. The lowest BCUT2D eigenvalue weighted by molar-refractivity contribution is -0.125. The lowest BCUT2D eigenvalue weighted by atomic mass is 10.2. The second-order valence-corrected chi connectivity index (χ2v) is 7.71. The number of piperazine rings is 1. The minimum Gasteiger partial charge on any atom is -0.497 e. The van der Waals surface area contributed by atoms with Crippen LogP contribution in [-0.4, -0.2) is 76.1 Å². The van der Waals surface area contributed by atoms with Crippen LogP contribution in [0.5, 0.6) is 5.75 Å². The van der Waals surface area contributed by atoms with Crippen molar-refractivity contribution in [3.8, 4) is 5.75 Å². The predicted molar refractivity (Wildman–Crippen MR) is 93.3 cm³/mol. The van der Waals surface area contributed by atoms with Crippen LogP contribution in [0.1, 0.15) is 6.92 Å². The maximum atomic E-state index is 12.7. The Morgan fingerprint density at radius 2 is 1.65 bits per heavy atom. The standard InChI is InChI=1S/C16H23N3O6S/c1-12(15(20)17-16(21)25-3)18-8-10-19(11-9-18)26(22,23)14-6-4-13(24-2)5-7-14/h4-7,12H,8-11H2,1-3H3,(H,17,20,21)/t12-/m1/s1. The molecule has 0 saturated carbocycles. The van der Waals surface area contributed by atoms with Gasteiger partial charge in [-0.15, -0.1) is 0 Å². The zero-order valence-electron chi connectivity index (χ0n) is 15.0. The van der Waals surface area contributed by atoms with Crippen LogP contribution in [0, 0.1) is 0 Å². The molecule has 2 rings (SSSR count). The Balaban J connectivity index is 1.98. The Hall–Kier alpha value is -2.17. The highest BCUT2D eigenvalue weighted by Gasteiger charge is 2.32. The van der Waals surface area contributed by atoms with Gasteiger partial charge in [0.15, 0.2) is 0 Å². The van der Waals surface area contributed by atoms with E-state index in [1.54, 1.807) is 19.1 Å². The van der Waals surface area contributed by atoms with Gasteiger partial charge in [-0.1, -0.05) is 0 Å². The minimum absolute atomic E-state index is 0.197. The molecule has 1 N–H and O–H groups in total. The summed E-state index contributed by atoms with van der Waals surface area (Å²) in [4.78, 5) is 25.1. The number of carbonyl (C=O) groups excluding carboxylic acids is 2. The number of methoxy groups -OCH3 is 2. The van der Waals surface area contributed by atoms with Crippen LogP contribution in [0.4, 0.5) is 4.79 Å². The van der Waals surface area contributed by atoms with E-state index in [-0.39, 0.29) is 18.0 Å². The smallest absolute Gasteiger partial charge is 0.413 e. The van der Waals surface area contributed by atoms with E-state index in [1.165, 1.54) is 30.7 Å². The van der Waals surface area contributed by atoms with Gasteiger partial charge in [-0.05, 0) is 31.2 Å². The molecule has 0 unspecified atom stereocenters. The molecule has 0 radical (unpaired) electrons. The summed E-state index contributed by atoms with van der Waals surface area (Å²) in [6.45, 7) is 2.93. The number of amides is 2. The Kier molecular flexibility index (Phi) is 6.57. The summed E-state index contributed by atoms with van der Waals surface area (Å²) in [6.07, 6.45) is -0.817. The van der Waals surface area contributed by atoms with Crippen LogP contribution in [0.25, 0.3) is 0 Å². The van der Waals surface area contributed by atoms with Crippen molar-refractivity contribution in [1.29, 1.82) is 0 Å². The normalized spacial score (nSPS) is 17.3. The van der Waals surface area contributed by atoms with E-state index in [2.05, 4.69) is 10.1 Å². The molecule has 1 aromatic carbocycles. The van der Waals surface area contributed by atoms with E-state index in [4.69, 9.17) is 4.74 Å². The number of ether oxygens (including phenoxy) is 2. The van der Waals surface area contributed by atoms with Crippen LogP contribution in [0.2, 0.25) is 0 Å². The Morgan fingerprint density at radius 1 is 1.08 bits per heavy atom. The third kappa shape index (κ3) is 4.51. The largest absolute Gasteiger partial charge is 0.497 e. The van der Waals surface area contributed by atoms with Gasteiger partial charge < -0.3 is 9.47 Å². The third-order valence-corrected chi connectivity index (χ3v) is 6.22. The summed E-state index contributed by atoms with van der Waals surface area (Å²) >= 11 is 0. The first kappa shape index (κ1) is 20.1. The molecule has 1 saturated heterocycles. The SMILES string of the molecule is COC(=O)NC(=O)[C@@H](C)N1CCN(S(=O)(=O)c2ccc(OC)cc2)CC1. The van der Waals surface area contributed by atoms with Crippen molar-refractivity contribution in [3.05, 3.63) is 24.3 Å². The average Bonchev–Trinajstić information content (AvgIpc) is 2.67. The first-order chi connectivity index (χ1) is 12.3. The van der Waals surface area contributed by atoms with Crippen molar-refractivity contribution in [1.82, 2.24) is 14.5 Å². The van der Waals surface area contributed by atoms with Crippen molar-refractivity contribution in [2.45, 2.75) is 17.9 Å². The topological polar surface area (TPSA) is 105 Å². The molecule has 0 aliphatic carbocycles. The van der Waals surface area contributed by atoms with Crippen molar-refractivity contribution in [3.63, 3.8) is 0 Å². The van der Waals surface area contributed by atoms with Gasteiger partial charge in [0.1, 0.15) is 5.75 Å². The third-order valence-electron chi connectivity index (χ3n) is 4.31. The number of alkyl carbamates (subject to hydrolysis) is 1. The maximum absolute atomic E-state index is 12.7. The van der Waals surface area contributed by atoms with Crippen LogP contribution < -0.4 is 10.1 Å². The van der Waals surface area contributed by atoms with E-state index >= 15 is 0 Å². The van der Waals surface area contributed by atoms with Crippen molar-refractivity contribution in [2.24, 2.45) is 0 Å². The first-order valence-electron chi connectivity index (χ1n) is 8.06. The number of nitrogens with one attached hydrogen (secondary N) is 1. The van der Waals surface area contributed by atoms with Crippen LogP contribution >= 0.6 is 0 Å². The molecule has 144 valence electrons. The summed E-state index contributed by atoms with van der Waals surface area (Å²) in [5.74, 6) is 0.0996. The van der Waals surface area contributed by atoms with Gasteiger partial charge in [-0.2, -0.15) is 4.31 Å². The molecule has 26 heavy (non-hydrogen) atoms. The second kappa shape index (κ2) is 8.47. The fraction of sp³-hybridized carbons (Fsp3) is 0.500. The number of rotatable bonds is 5. The van der Waals surface area contributed by atoms with Gasteiger partial charge in [0.2, 0.25) is 15.9 Å². The molecule has 9 nitrogen and oxygen atoms in total. The molecule has 1 aliphatic heterocycles. The number of carbonyl (C=O) groups is 2. The number of hydrogen-bond donors (Lipinski definition) is 1. The molecule has 2 amide bonds. The second-order valence-electron chi connectivity index (χ2n) is 5.77. The fourth-order valence-corrected chi connectivity index (χ4v) is 4.07. The highest BCUT2D eigenvalue weighted by atomic mass is 32.2. The van der Waals surface area contributed by atoms with E-state index < -0.39 is 28.1 Å². The molecule has 0 spiro atoms. The highest BCUT2D eigenvalue weighted by molar-refractivity contribution is 7.89. The van der Waals surface area contributed by atoms with Crippen LogP contribution in [0.15, 0.2) is 29.2 Å². The minimum atomic E-state index is -3.60. The molecule has 1 fully saturated rings. The Labute approximate surface area is 152 Å². The van der Waals surface area contributed by atoms with Gasteiger partial charge in [0.05, 0.1) is 25.2 Å².